The fourth-order valence-corrected chi connectivity index (χ4v) is 3.10. The number of ether oxygens (including phenoxy) is 1. The summed E-state index contributed by atoms with van der Waals surface area (Å²) in [5.74, 6) is 0.852. The van der Waals surface area contributed by atoms with Crippen molar-refractivity contribution < 1.29 is 4.74 Å². The highest BCUT2D eigenvalue weighted by Gasteiger charge is 2.08. The van der Waals surface area contributed by atoms with Gasteiger partial charge in [-0.05, 0) is 23.3 Å². The molecule has 3 nitrogen and oxygen atoms in total. The first-order valence-corrected chi connectivity index (χ1v) is 8.83. The van der Waals surface area contributed by atoms with Crippen LogP contribution in [0.25, 0.3) is 10.8 Å². The van der Waals surface area contributed by atoms with E-state index in [2.05, 4.69) is 34.5 Å². The van der Waals surface area contributed by atoms with Crippen LogP contribution in [-0.4, -0.2) is 10.2 Å². The molecule has 0 amide bonds. The van der Waals surface area contributed by atoms with Gasteiger partial charge in [0.25, 0.3) is 0 Å². The highest BCUT2D eigenvalue weighted by atomic mass is 35.5. The van der Waals surface area contributed by atoms with Gasteiger partial charge in [-0.3, -0.25) is 0 Å². The van der Waals surface area contributed by atoms with Crippen LogP contribution in [0.4, 0.5) is 0 Å². The largest absolute Gasteiger partial charge is 0.489 e. The van der Waals surface area contributed by atoms with Crippen molar-refractivity contribution in [3.05, 3.63) is 101 Å². The first-order valence-electron chi connectivity index (χ1n) is 8.45. The van der Waals surface area contributed by atoms with Crippen molar-refractivity contribution in [3.63, 3.8) is 0 Å². The van der Waals surface area contributed by atoms with Crippen molar-refractivity contribution in [2.24, 2.45) is 0 Å². The second-order valence-corrected chi connectivity index (χ2v) is 6.44. The molecule has 4 heteroatoms. The third-order valence-corrected chi connectivity index (χ3v) is 4.54. The van der Waals surface area contributed by atoms with E-state index in [-0.39, 0.29) is 0 Å². The first kappa shape index (κ1) is 16.6. The van der Waals surface area contributed by atoms with Crippen LogP contribution in [0.15, 0.2) is 78.9 Å². The predicted molar refractivity (Wildman–Crippen MR) is 105 cm³/mol. The van der Waals surface area contributed by atoms with Gasteiger partial charge < -0.3 is 4.74 Å². The van der Waals surface area contributed by atoms with Gasteiger partial charge in [0.2, 0.25) is 0 Å². The molecular weight excluding hydrogens is 344 g/mol. The van der Waals surface area contributed by atoms with Crippen LogP contribution >= 0.6 is 11.6 Å². The summed E-state index contributed by atoms with van der Waals surface area (Å²) in [6.45, 7) is 0.563. The van der Waals surface area contributed by atoms with E-state index in [1.807, 2.05) is 54.6 Å². The Hall–Kier alpha value is -2.91. The molecule has 0 aliphatic heterocycles. The summed E-state index contributed by atoms with van der Waals surface area (Å²) in [6.07, 6.45) is 0.698. The zero-order chi connectivity index (χ0) is 17.8. The molecule has 0 fully saturated rings. The topological polar surface area (TPSA) is 35.0 Å². The highest BCUT2D eigenvalue weighted by molar-refractivity contribution is 6.34. The van der Waals surface area contributed by atoms with E-state index in [1.54, 1.807) is 0 Å². The van der Waals surface area contributed by atoms with Crippen molar-refractivity contribution in [1.29, 1.82) is 0 Å². The number of aromatic nitrogens is 2. The minimum atomic E-state index is 0.439. The SMILES string of the molecule is Clc1nnc(Cc2ccc(OCc3ccccc3)cc2)c2ccccc12. The summed E-state index contributed by atoms with van der Waals surface area (Å²) in [7, 11) is 0. The molecule has 0 N–H and O–H groups in total. The molecule has 1 aromatic heterocycles. The maximum atomic E-state index is 6.15. The van der Waals surface area contributed by atoms with Crippen LogP contribution in [-0.2, 0) is 13.0 Å². The Kier molecular flexibility index (Phi) is 4.80. The fraction of sp³-hybridized carbons (Fsp3) is 0.0909. The maximum Gasteiger partial charge on any atom is 0.159 e. The van der Waals surface area contributed by atoms with Gasteiger partial charge in [0.05, 0.1) is 5.69 Å². The molecule has 0 spiro atoms. The fourth-order valence-electron chi connectivity index (χ4n) is 2.90. The summed E-state index contributed by atoms with van der Waals surface area (Å²) in [4.78, 5) is 0. The standard InChI is InChI=1S/C22H17ClN2O/c23-22-20-9-5-4-8-19(20)21(24-25-22)14-16-10-12-18(13-11-16)26-15-17-6-2-1-3-7-17/h1-13H,14-15H2. The zero-order valence-corrected chi connectivity index (χ0v) is 14.9. The minimum Gasteiger partial charge on any atom is -0.489 e. The summed E-state index contributed by atoms with van der Waals surface area (Å²) >= 11 is 6.15. The van der Waals surface area contributed by atoms with Crippen LogP contribution in [0.1, 0.15) is 16.8 Å². The van der Waals surface area contributed by atoms with Crippen LogP contribution < -0.4 is 4.74 Å². The Morgan fingerprint density at radius 2 is 1.38 bits per heavy atom. The molecule has 0 atom stereocenters. The van der Waals surface area contributed by atoms with Gasteiger partial charge in [-0.15, -0.1) is 5.10 Å². The number of hydrogen-bond donors (Lipinski definition) is 0. The Bertz CT molecular complexity index is 1020. The van der Waals surface area contributed by atoms with Crippen LogP contribution in [0, 0.1) is 0 Å². The predicted octanol–water partition coefficient (Wildman–Crippen LogP) is 5.45. The molecule has 0 saturated heterocycles. The smallest absolute Gasteiger partial charge is 0.159 e. The molecule has 4 rings (SSSR count). The number of hydrogen-bond acceptors (Lipinski definition) is 3. The van der Waals surface area contributed by atoms with Crippen molar-refractivity contribution in [3.8, 4) is 5.75 Å². The molecule has 0 bridgehead atoms. The lowest BCUT2D eigenvalue weighted by molar-refractivity contribution is 0.306. The van der Waals surface area contributed by atoms with Crippen LogP contribution in [0.2, 0.25) is 5.15 Å². The summed E-state index contributed by atoms with van der Waals surface area (Å²) < 4.78 is 5.84. The molecule has 0 unspecified atom stereocenters. The van der Waals surface area contributed by atoms with Gasteiger partial charge in [-0.25, -0.2) is 0 Å². The molecule has 0 aliphatic rings. The molecule has 4 aromatic rings. The lowest BCUT2D eigenvalue weighted by Gasteiger charge is -2.08. The summed E-state index contributed by atoms with van der Waals surface area (Å²) in [5.41, 5.74) is 3.22. The second-order valence-electron chi connectivity index (χ2n) is 6.08. The Morgan fingerprint density at radius 3 is 2.15 bits per heavy atom. The van der Waals surface area contributed by atoms with E-state index in [9.17, 15) is 0 Å². The average Bonchev–Trinajstić information content (AvgIpc) is 2.71. The van der Waals surface area contributed by atoms with Gasteiger partial charge >= 0.3 is 0 Å². The highest BCUT2D eigenvalue weighted by Crippen LogP contribution is 2.24. The second kappa shape index (κ2) is 7.54. The van der Waals surface area contributed by atoms with Crippen molar-refractivity contribution in [2.75, 3.05) is 0 Å². The molecular formula is C22H17ClN2O. The number of rotatable bonds is 5. The molecule has 26 heavy (non-hydrogen) atoms. The Morgan fingerprint density at radius 1 is 0.692 bits per heavy atom. The number of nitrogens with zero attached hydrogens (tertiary/aromatic N) is 2. The van der Waals surface area contributed by atoms with E-state index in [0.717, 1.165) is 33.3 Å². The van der Waals surface area contributed by atoms with Gasteiger partial charge in [0.15, 0.2) is 5.15 Å². The van der Waals surface area contributed by atoms with Crippen LogP contribution in [0.3, 0.4) is 0 Å². The third kappa shape index (κ3) is 3.68. The molecule has 0 aliphatic carbocycles. The normalized spacial score (nSPS) is 10.8. The Balaban J connectivity index is 1.49. The monoisotopic (exact) mass is 360 g/mol. The lowest BCUT2D eigenvalue weighted by atomic mass is 10.0. The summed E-state index contributed by atoms with van der Waals surface area (Å²) in [6, 6.07) is 26.2. The summed E-state index contributed by atoms with van der Waals surface area (Å²) in [5, 5.41) is 10.8. The van der Waals surface area contributed by atoms with E-state index in [1.165, 1.54) is 0 Å². The molecule has 3 aromatic carbocycles. The average molecular weight is 361 g/mol. The molecule has 0 radical (unpaired) electrons. The molecule has 0 saturated carbocycles. The van der Waals surface area contributed by atoms with E-state index in [0.29, 0.717) is 18.2 Å². The molecule has 1 heterocycles. The van der Waals surface area contributed by atoms with Crippen LogP contribution in [0.5, 0.6) is 5.75 Å². The quantitative estimate of drug-likeness (QED) is 0.474. The van der Waals surface area contributed by atoms with E-state index in [4.69, 9.17) is 16.3 Å². The minimum absolute atomic E-state index is 0.439. The third-order valence-electron chi connectivity index (χ3n) is 4.26. The van der Waals surface area contributed by atoms with Gasteiger partial charge in [0, 0.05) is 17.2 Å². The zero-order valence-electron chi connectivity index (χ0n) is 14.1. The molecule has 128 valence electrons. The van der Waals surface area contributed by atoms with Gasteiger partial charge in [-0.2, -0.15) is 5.10 Å². The Labute approximate surface area is 157 Å². The van der Waals surface area contributed by atoms with Gasteiger partial charge in [0.1, 0.15) is 12.4 Å². The first-order chi connectivity index (χ1) is 12.8. The van der Waals surface area contributed by atoms with E-state index >= 15 is 0 Å². The maximum absolute atomic E-state index is 6.15. The number of fused-ring (bicyclic) bond motifs is 1. The lowest BCUT2D eigenvalue weighted by Crippen LogP contribution is -1.98. The number of halogens is 1. The van der Waals surface area contributed by atoms with Crippen molar-refractivity contribution in [2.45, 2.75) is 13.0 Å². The van der Waals surface area contributed by atoms with Gasteiger partial charge in [-0.1, -0.05) is 78.3 Å². The van der Waals surface area contributed by atoms with E-state index < -0.39 is 0 Å². The van der Waals surface area contributed by atoms with Crippen molar-refractivity contribution in [1.82, 2.24) is 10.2 Å². The van der Waals surface area contributed by atoms with Crippen molar-refractivity contribution >= 4 is 22.4 Å². The number of benzene rings is 3.